The predicted molar refractivity (Wildman–Crippen MR) is 115 cm³/mol. The van der Waals surface area contributed by atoms with Crippen molar-refractivity contribution in [1.29, 1.82) is 0 Å². The van der Waals surface area contributed by atoms with Crippen LogP contribution in [0, 0.1) is 0 Å². The third-order valence-corrected chi connectivity index (χ3v) is 6.33. The van der Waals surface area contributed by atoms with Crippen LogP contribution in [0.2, 0.25) is 0 Å². The maximum absolute atomic E-state index is 13.0. The van der Waals surface area contributed by atoms with Gasteiger partial charge in [0.1, 0.15) is 0 Å². The van der Waals surface area contributed by atoms with Crippen LogP contribution in [0.3, 0.4) is 0 Å². The maximum Gasteiger partial charge on any atom is 0.282 e. The first-order valence-corrected chi connectivity index (χ1v) is 11.2. The number of pyridine rings is 1. The summed E-state index contributed by atoms with van der Waals surface area (Å²) >= 11 is 1.17. The molecule has 0 spiro atoms. The number of carbonyl (C=O) groups is 2. The quantitative estimate of drug-likeness (QED) is 0.620. The highest BCUT2D eigenvalue weighted by Crippen LogP contribution is 2.30. The van der Waals surface area contributed by atoms with E-state index >= 15 is 0 Å². The molecule has 7 nitrogen and oxygen atoms in total. The summed E-state index contributed by atoms with van der Waals surface area (Å²) in [5.41, 5.74) is 1.50. The van der Waals surface area contributed by atoms with Crippen molar-refractivity contribution in [2.24, 2.45) is 0 Å². The second kappa shape index (κ2) is 8.14. The highest BCUT2D eigenvalue weighted by atomic mass is 32.2. The van der Waals surface area contributed by atoms with Crippen LogP contribution in [0.1, 0.15) is 16.6 Å². The van der Waals surface area contributed by atoms with Gasteiger partial charge in [-0.1, -0.05) is 6.07 Å². The van der Waals surface area contributed by atoms with Gasteiger partial charge in [0.2, 0.25) is 15.9 Å². The van der Waals surface area contributed by atoms with Gasteiger partial charge in [-0.2, -0.15) is 0 Å². The number of hydrogen-bond acceptors (Lipinski definition) is 6. The summed E-state index contributed by atoms with van der Waals surface area (Å²) in [6.45, 7) is 1.43. The lowest BCUT2D eigenvalue weighted by Crippen LogP contribution is -2.35. The van der Waals surface area contributed by atoms with Crippen molar-refractivity contribution in [2.75, 3.05) is 22.5 Å². The van der Waals surface area contributed by atoms with Crippen molar-refractivity contribution in [2.45, 2.75) is 6.92 Å². The molecule has 0 aliphatic heterocycles. The Labute approximate surface area is 173 Å². The summed E-state index contributed by atoms with van der Waals surface area (Å²) in [6, 6.07) is 15.0. The van der Waals surface area contributed by atoms with E-state index in [1.54, 1.807) is 43.6 Å². The minimum atomic E-state index is -3.88. The van der Waals surface area contributed by atoms with Crippen LogP contribution >= 0.6 is 11.3 Å². The zero-order valence-electron chi connectivity index (χ0n) is 16.1. The molecule has 29 heavy (non-hydrogen) atoms. The van der Waals surface area contributed by atoms with Gasteiger partial charge in [0.15, 0.2) is 0 Å². The number of nitrogens with zero attached hydrogens (tertiary/aromatic N) is 3. The van der Waals surface area contributed by atoms with Crippen molar-refractivity contribution in [1.82, 2.24) is 4.98 Å². The first-order chi connectivity index (χ1) is 13.7. The zero-order valence-corrected chi connectivity index (χ0v) is 17.7. The Bertz CT molecular complexity index is 1140. The monoisotopic (exact) mass is 429 g/mol. The molecular weight excluding hydrogens is 410 g/mol. The molecule has 0 radical (unpaired) electrons. The van der Waals surface area contributed by atoms with Crippen molar-refractivity contribution < 1.29 is 18.0 Å². The Hall–Kier alpha value is -3.04. The normalized spacial score (nSPS) is 11.1. The molecule has 2 aromatic heterocycles. The Morgan fingerprint density at radius 3 is 2.17 bits per heavy atom. The summed E-state index contributed by atoms with van der Waals surface area (Å²) in [5, 5.41) is 0. The van der Waals surface area contributed by atoms with Crippen molar-refractivity contribution in [3.05, 3.63) is 65.7 Å². The van der Waals surface area contributed by atoms with Gasteiger partial charge in [-0.3, -0.25) is 14.6 Å². The molecule has 2 heterocycles. The number of carbonyl (C=O) groups excluding carboxylic acids is 2. The molecule has 0 saturated heterocycles. The summed E-state index contributed by atoms with van der Waals surface area (Å²) in [4.78, 5) is 31.3. The first-order valence-electron chi connectivity index (χ1n) is 8.58. The average molecular weight is 430 g/mol. The highest BCUT2D eigenvalue weighted by molar-refractivity contribution is 7.92. The standard InChI is InChI=1S/C20H19N3O4S2/c1-14(24)22(2)15-7-9-16(10-8-15)23(29(3,26)27)20(25)19-12-11-18(28-19)17-6-4-5-13-21-17/h4-13H,1-3H3. The fourth-order valence-electron chi connectivity index (χ4n) is 2.65. The van der Waals surface area contributed by atoms with E-state index < -0.39 is 15.9 Å². The van der Waals surface area contributed by atoms with E-state index in [0.717, 1.165) is 15.4 Å². The number of amides is 2. The molecule has 150 valence electrons. The van der Waals surface area contributed by atoms with Crippen molar-refractivity contribution >= 4 is 44.5 Å². The molecule has 0 bridgehead atoms. The summed E-state index contributed by atoms with van der Waals surface area (Å²) in [7, 11) is -2.26. The number of thiophene rings is 1. The molecule has 0 unspecified atom stereocenters. The second-order valence-corrected chi connectivity index (χ2v) is 9.22. The molecule has 0 fully saturated rings. The fourth-order valence-corrected chi connectivity index (χ4v) is 4.53. The SMILES string of the molecule is CC(=O)N(C)c1ccc(N(C(=O)c2ccc(-c3ccccn3)s2)S(C)(=O)=O)cc1. The van der Waals surface area contributed by atoms with Crippen LogP contribution in [0.4, 0.5) is 11.4 Å². The van der Waals surface area contributed by atoms with Crippen molar-refractivity contribution in [3.8, 4) is 10.6 Å². The molecule has 2 amide bonds. The van der Waals surface area contributed by atoms with Gasteiger partial charge in [-0.05, 0) is 48.5 Å². The molecule has 0 aliphatic carbocycles. The Morgan fingerprint density at radius 1 is 0.966 bits per heavy atom. The molecule has 0 N–H and O–H groups in total. The summed E-state index contributed by atoms with van der Waals surface area (Å²) in [6.07, 6.45) is 2.63. The average Bonchev–Trinajstić information content (AvgIpc) is 3.18. The van der Waals surface area contributed by atoms with Gasteiger partial charge in [0, 0.05) is 25.9 Å². The second-order valence-electron chi connectivity index (χ2n) is 6.31. The fraction of sp³-hybridized carbons (Fsp3) is 0.150. The molecule has 0 atom stereocenters. The minimum Gasteiger partial charge on any atom is -0.316 e. The topological polar surface area (TPSA) is 87.7 Å². The smallest absolute Gasteiger partial charge is 0.282 e. The third kappa shape index (κ3) is 4.52. The first kappa shape index (κ1) is 20.7. The van der Waals surface area contributed by atoms with E-state index in [9.17, 15) is 18.0 Å². The highest BCUT2D eigenvalue weighted by Gasteiger charge is 2.28. The zero-order chi connectivity index (χ0) is 21.2. The summed E-state index contributed by atoms with van der Waals surface area (Å²) in [5.74, 6) is -0.804. The lowest BCUT2D eigenvalue weighted by Gasteiger charge is -2.21. The van der Waals surface area contributed by atoms with E-state index in [1.807, 2.05) is 12.1 Å². The van der Waals surface area contributed by atoms with Crippen LogP contribution in [0.25, 0.3) is 10.6 Å². The van der Waals surface area contributed by atoms with Gasteiger partial charge in [-0.25, -0.2) is 12.7 Å². The van der Waals surface area contributed by atoms with Crippen molar-refractivity contribution in [3.63, 3.8) is 0 Å². The van der Waals surface area contributed by atoms with Crippen LogP contribution in [-0.2, 0) is 14.8 Å². The van der Waals surface area contributed by atoms with Gasteiger partial charge in [-0.15, -0.1) is 11.3 Å². The molecule has 3 aromatic rings. The minimum absolute atomic E-state index is 0.158. The van der Waals surface area contributed by atoms with E-state index in [-0.39, 0.29) is 16.5 Å². The summed E-state index contributed by atoms with van der Waals surface area (Å²) < 4.78 is 25.5. The maximum atomic E-state index is 13.0. The number of sulfonamides is 1. The molecule has 1 aromatic carbocycles. The molecule has 0 saturated carbocycles. The third-order valence-electron chi connectivity index (χ3n) is 4.19. The Balaban J connectivity index is 1.95. The number of hydrogen-bond donors (Lipinski definition) is 0. The predicted octanol–water partition coefficient (Wildman–Crippen LogP) is 3.40. The lowest BCUT2D eigenvalue weighted by molar-refractivity contribution is -0.116. The Morgan fingerprint density at radius 2 is 1.62 bits per heavy atom. The van der Waals surface area contributed by atoms with Crippen LogP contribution in [0.5, 0.6) is 0 Å². The van der Waals surface area contributed by atoms with Gasteiger partial charge >= 0.3 is 0 Å². The molecule has 0 aliphatic rings. The number of rotatable bonds is 5. The van der Waals surface area contributed by atoms with Crippen LogP contribution < -0.4 is 9.21 Å². The van der Waals surface area contributed by atoms with Crippen LogP contribution in [-0.4, -0.2) is 38.5 Å². The molecule has 9 heteroatoms. The van der Waals surface area contributed by atoms with Gasteiger partial charge in [0.25, 0.3) is 5.91 Å². The van der Waals surface area contributed by atoms with E-state index in [2.05, 4.69) is 4.98 Å². The lowest BCUT2D eigenvalue weighted by atomic mass is 10.2. The van der Waals surface area contributed by atoms with E-state index in [4.69, 9.17) is 0 Å². The molecular formula is C20H19N3O4S2. The number of aromatic nitrogens is 1. The molecule has 3 rings (SSSR count). The van der Waals surface area contributed by atoms with E-state index in [1.165, 1.54) is 35.3 Å². The number of benzene rings is 1. The van der Waals surface area contributed by atoms with E-state index in [0.29, 0.717) is 11.4 Å². The Kier molecular flexibility index (Phi) is 5.81. The van der Waals surface area contributed by atoms with Gasteiger partial charge in [0.05, 0.1) is 27.4 Å². The number of anilines is 2. The van der Waals surface area contributed by atoms with Gasteiger partial charge < -0.3 is 4.90 Å². The largest absolute Gasteiger partial charge is 0.316 e. The van der Waals surface area contributed by atoms with Crippen LogP contribution in [0.15, 0.2) is 60.8 Å².